The summed E-state index contributed by atoms with van der Waals surface area (Å²) in [5.74, 6) is 1.39. The molecule has 0 bridgehead atoms. The topological polar surface area (TPSA) is 55.9 Å². The number of carbonyl (C=O) groups excluding carboxylic acids is 2. The normalized spacial score (nSPS) is 30.7. The lowest BCUT2D eigenvalue weighted by atomic mass is 9.98. The average Bonchev–Trinajstić information content (AvgIpc) is 3.15. The van der Waals surface area contributed by atoms with Gasteiger partial charge in [-0.25, -0.2) is 0 Å². The minimum atomic E-state index is 0.0518. The maximum Gasteiger partial charge on any atom is 0.223 e. The Morgan fingerprint density at radius 2 is 1.80 bits per heavy atom. The first-order valence-electron chi connectivity index (χ1n) is 9.95. The largest absolute Gasteiger partial charge is 0.353 e. The van der Waals surface area contributed by atoms with Gasteiger partial charge in [0.05, 0.1) is 0 Å². The number of carbonyl (C=O) groups is 2. The zero-order chi connectivity index (χ0) is 18.0. The van der Waals surface area contributed by atoms with Crippen molar-refractivity contribution in [2.24, 2.45) is 11.8 Å². The highest BCUT2D eigenvalue weighted by molar-refractivity contribution is 5.77. The van der Waals surface area contributed by atoms with Crippen molar-refractivity contribution in [1.29, 1.82) is 0 Å². The first kappa shape index (κ1) is 18.6. The van der Waals surface area contributed by atoms with Crippen molar-refractivity contribution < 1.29 is 9.59 Å². The third-order valence-electron chi connectivity index (χ3n) is 6.38. The number of piperazine rings is 1. The summed E-state index contributed by atoms with van der Waals surface area (Å²) in [6.45, 7) is 13.0. The molecule has 0 aromatic rings. The summed E-state index contributed by atoms with van der Waals surface area (Å²) in [7, 11) is 0. The zero-order valence-electron chi connectivity index (χ0n) is 16.0. The summed E-state index contributed by atoms with van der Waals surface area (Å²) in [4.78, 5) is 30.9. The fourth-order valence-corrected chi connectivity index (χ4v) is 4.82. The van der Waals surface area contributed by atoms with Crippen molar-refractivity contribution in [2.75, 3.05) is 45.8 Å². The van der Waals surface area contributed by atoms with E-state index in [-0.39, 0.29) is 11.9 Å². The standard InChI is InChI=1S/C19H34N4O2/c1-14(2)22-10-8-21(9-11-22)7-6-19(25)23-12-16-4-5-18(17(16)13-23)20-15(3)24/h14,16-18H,4-13H2,1-3H3,(H,20,24). The molecule has 1 aliphatic carbocycles. The molecule has 3 atom stereocenters. The highest BCUT2D eigenvalue weighted by atomic mass is 16.2. The number of fused-ring (bicyclic) bond motifs is 1. The molecule has 0 aromatic carbocycles. The molecule has 2 saturated heterocycles. The van der Waals surface area contributed by atoms with Gasteiger partial charge >= 0.3 is 0 Å². The van der Waals surface area contributed by atoms with Crippen molar-refractivity contribution in [2.45, 2.75) is 52.1 Å². The molecule has 3 aliphatic rings. The molecule has 3 unspecified atom stereocenters. The van der Waals surface area contributed by atoms with Crippen LogP contribution in [0.15, 0.2) is 0 Å². The average molecular weight is 351 g/mol. The monoisotopic (exact) mass is 350 g/mol. The molecule has 0 aromatic heterocycles. The number of hydrogen-bond donors (Lipinski definition) is 1. The van der Waals surface area contributed by atoms with Crippen LogP contribution in [0.3, 0.4) is 0 Å². The van der Waals surface area contributed by atoms with Crippen LogP contribution in [0.5, 0.6) is 0 Å². The van der Waals surface area contributed by atoms with Crippen LogP contribution in [0.4, 0.5) is 0 Å². The molecule has 6 nitrogen and oxygen atoms in total. The molecule has 0 radical (unpaired) electrons. The van der Waals surface area contributed by atoms with Gasteiger partial charge in [-0.1, -0.05) is 0 Å². The molecule has 3 rings (SSSR count). The Morgan fingerprint density at radius 3 is 2.44 bits per heavy atom. The summed E-state index contributed by atoms with van der Waals surface area (Å²) in [5, 5.41) is 3.08. The van der Waals surface area contributed by atoms with E-state index < -0.39 is 0 Å². The SMILES string of the molecule is CC(=O)NC1CCC2CN(C(=O)CCN3CCN(C(C)C)CC3)CC21. The van der Waals surface area contributed by atoms with Crippen LogP contribution in [0.1, 0.15) is 40.0 Å². The Balaban J connectivity index is 1.41. The predicted molar refractivity (Wildman–Crippen MR) is 98.2 cm³/mol. The lowest BCUT2D eigenvalue weighted by molar-refractivity contribution is -0.131. The van der Waals surface area contributed by atoms with E-state index in [1.165, 1.54) is 0 Å². The van der Waals surface area contributed by atoms with Crippen LogP contribution >= 0.6 is 0 Å². The van der Waals surface area contributed by atoms with Gasteiger partial charge in [-0.3, -0.25) is 14.5 Å². The van der Waals surface area contributed by atoms with Crippen LogP contribution < -0.4 is 5.32 Å². The van der Waals surface area contributed by atoms with E-state index >= 15 is 0 Å². The Kier molecular flexibility index (Phi) is 6.00. The van der Waals surface area contributed by atoms with Crippen LogP contribution in [0.2, 0.25) is 0 Å². The molecule has 1 saturated carbocycles. The molecule has 142 valence electrons. The number of nitrogens with one attached hydrogen (secondary N) is 1. The van der Waals surface area contributed by atoms with Crippen LogP contribution in [0, 0.1) is 11.8 Å². The quantitative estimate of drug-likeness (QED) is 0.796. The van der Waals surface area contributed by atoms with Crippen molar-refractivity contribution in [1.82, 2.24) is 20.0 Å². The van der Waals surface area contributed by atoms with Crippen LogP contribution in [0.25, 0.3) is 0 Å². The van der Waals surface area contributed by atoms with Gasteiger partial charge in [-0.15, -0.1) is 0 Å². The third-order valence-corrected chi connectivity index (χ3v) is 6.38. The Labute approximate surface area is 151 Å². The van der Waals surface area contributed by atoms with Gasteiger partial charge in [0.2, 0.25) is 11.8 Å². The van der Waals surface area contributed by atoms with Gasteiger partial charge in [0, 0.05) is 77.2 Å². The van der Waals surface area contributed by atoms with Crippen molar-refractivity contribution in [3.8, 4) is 0 Å². The molecule has 2 heterocycles. The van der Waals surface area contributed by atoms with E-state index in [1.807, 2.05) is 4.90 Å². The van der Waals surface area contributed by atoms with Gasteiger partial charge in [0.25, 0.3) is 0 Å². The smallest absolute Gasteiger partial charge is 0.223 e. The Hall–Kier alpha value is -1.14. The Bertz CT molecular complexity index is 488. The van der Waals surface area contributed by atoms with Gasteiger partial charge in [-0.05, 0) is 32.6 Å². The summed E-state index contributed by atoms with van der Waals surface area (Å²) in [6, 6.07) is 0.883. The summed E-state index contributed by atoms with van der Waals surface area (Å²) in [6.07, 6.45) is 2.83. The number of rotatable bonds is 5. The lowest BCUT2D eigenvalue weighted by Gasteiger charge is -2.37. The van der Waals surface area contributed by atoms with Gasteiger partial charge in [0.1, 0.15) is 0 Å². The maximum absolute atomic E-state index is 12.6. The van der Waals surface area contributed by atoms with Gasteiger partial charge < -0.3 is 15.1 Å². The number of nitrogens with zero attached hydrogens (tertiary/aromatic N) is 3. The van der Waals surface area contributed by atoms with E-state index in [4.69, 9.17) is 0 Å². The van der Waals surface area contributed by atoms with Crippen LogP contribution in [-0.2, 0) is 9.59 Å². The van der Waals surface area contributed by atoms with Crippen molar-refractivity contribution in [3.05, 3.63) is 0 Å². The second-order valence-corrected chi connectivity index (χ2v) is 8.33. The fraction of sp³-hybridized carbons (Fsp3) is 0.895. The predicted octanol–water partition coefficient (Wildman–Crippen LogP) is 0.776. The highest BCUT2D eigenvalue weighted by Crippen LogP contribution is 2.38. The lowest BCUT2D eigenvalue weighted by Crippen LogP contribution is -2.49. The minimum Gasteiger partial charge on any atom is -0.353 e. The number of likely N-dealkylation sites (tertiary alicyclic amines) is 1. The molecule has 2 aliphatic heterocycles. The molecule has 1 N–H and O–H groups in total. The van der Waals surface area contributed by atoms with E-state index in [0.717, 1.165) is 58.7 Å². The maximum atomic E-state index is 12.6. The fourth-order valence-electron chi connectivity index (χ4n) is 4.82. The first-order valence-corrected chi connectivity index (χ1v) is 9.95. The molecule has 0 spiro atoms. The second-order valence-electron chi connectivity index (χ2n) is 8.33. The zero-order valence-corrected chi connectivity index (χ0v) is 16.0. The third kappa shape index (κ3) is 4.53. The molecule has 6 heteroatoms. The van der Waals surface area contributed by atoms with Crippen molar-refractivity contribution >= 4 is 11.8 Å². The summed E-state index contributed by atoms with van der Waals surface area (Å²) < 4.78 is 0. The number of amides is 2. The molecule has 2 amide bonds. The van der Waals surface area contributed by atoms with E-state index in [9.17, 15) is 9.59 Å². The summed E-state index contributed by atoms with van der Waals surface area (Å²) in [5.41, 5.74) is 0. The van der Waals surface area contributed by atoms with Crippen LogP contribution in [-0.4, -0.2) is 84.4 Å². The van der Waals surface area contributed by atoms with E-state index in [1.54, 1.807) is 6.92 Å². The summed E-state index contributed by atoms with van der Waals surface area (Å²) >= 11 is 0. The van der Waals surface area contributed by atoms with Gasteiger partial charge in [0.15, 0.2) is 0 Å². The molecular formula is C19H34N4O2. The Morgan fingerprint density at radius 1 is 1.08 bits per heavy atom. The van der Waals surface area contributed by atoms with Gasteiger partial charge in [-0.2, -0.15) is 0 Å². The van der Waals surface area contributed by atoms with E-state index in [2.05, 4.69) is 29.0 Å². The molecular weight excluding hydrogens is 316 g/mol. The minimum absolute atomic E-state index is 0.0518. The highest BCUT2D eigenvalue weighted by Gasteiger charge is 2.44. The first-order chi connectivity index (χ1) is 11.9. The van der Waals surface area contributed by atoms with Crippen molar-refractivity contribution in [3.63, 3.8) is 0 Å². The second kappa shape index (κ2) is 8.04. The van der Waals surface area contributed by atoms with E-state index in [0.29, 0.717) is 30.2 Å². The number of hydrogen-bond acceptors (Lipinski definition) is 4. The molecule has 25 heavy (non-hydrogen) atoms. The molecule has 3 fully saturated rings.